The third-order valence-electron chi connectivity index (χ3n) is 6.07. The number of aliphatic carboxylic acids is 1. The summed E-state index contributed by atoms with van der Waals surface area (Å²) < 4.78 is 5.15. The van der Waals surface area contributed by atoms with Crippen LogP contribution < -0.4 is 0 Å². The van der Waals surface area contributed by atoms with Crippen molar-refractivity contribution in [3.63, 3.8) is 0 Å². The van der Waals surface area contributed by atoms with Crippen LogP contribution in [0.15, 0.2) is 0 Å². The maximum atomic E-state index is 10.3. The van der Waals surface area contributed by atoms with Gasteiger partial charge in [0.1, 0.15) is 0 Å². The van der Waals surface area contributed by atoms with Crippen molar-refractivity contribution in [2.24, 2.45) is 10.8 Å². The van der Waals surface area contributed by atoms with Crippen molar-refractivity contribution in [3.8, 4) is 0 Å². The van der Waals surface area contributed by atoms with Gasteiger partial charge in [-0.15, -0.1) is 0 Å². The molecular weight excluding hydrogens is 444 g/mol. The molecule has 0 bridgehead atoms. The second kappa shape index (κ2) is 23.9. The lowest BCUT2D eigenvalue weighted by atomic mass is 9.91. The Morgan fingerprint density at radius 1 is 0.559 bits per heavy atom. The molecule has 7 N–H and O–H groups in total. The maximum absolute atomic E-state index is 10.3. The fourth-order valence-electron chi connectivity index (χ4n) is 3.18. The molecule has 0 amide bonds. The van der Waals surface area contributed by atoms with Crippen LogP contribution in [0.2, 0.25) is 0 Å². The van der Waals surface area contributed by atoms with Crippen molar-refractivity contribution in [2.45, 2.75) is 90.4 Å². The average Bonchev–Trinajstić information content (AvgIpc) is 2.86. The Hall–Kier alpha value is -0.810. The minimum Gasteiger partial charge on any atom is -0.481 e. The first kappa shape index (κ1) is 35.4. The van der Waals surface area contributed by atoms with Gasteiger partial charge in [0.05, 0.1) is 63.7 Å². The van der Waals surface area contributed by atoms with E-state index in [1.165, 1.54) is 64.2 Å². The van der Waals surface area contributed by atoms with Crippen LogP contribution in [0, 0.1) is 10.8 Å². The molecule has 9 nitrogen and oxygen atoms in total. The highest BCUT2D eigenvalue weighted by Gasteiger charge is 2.32. The molecular formula is C25H52O9. The lowest BCUT2D eigenvalue weighted by Gasteiger charge is -2.31. The Bertz CT molecular complexity index is 402. The number of hydrogen-bond acceptors (Lipinski definition) is 8. The topological polar surface area (TPSA) is 168 Å². The van der Waals surface area contributed by atoms with Crippen LogP contribution in [0.5, 0.6) is 0 Å². The minimum atomic E-state index is -1.16. The van der Waals surface area contributed by atoms with Gasteiger partial charge in [0.15, 0.2) is 0 Å². The van der Waals surface area contributed by atoms with Crippen molar-refractivity contribution in [2.75, 3.05) is 52.9 Å². The Labute approximate surface area is 205 Å². The van der Waals surface area contributed by atoms with Gasteiger partial charge in [0.2, 0.25) is 0 Å². The lowest BCUT2D eigenvalue weighted by Crippen LogP contribution is -2.43. The zero-order valence-corrected chi connectivity index (χ0v) is 21.3. The van der Waals surface area contributed by atoms with Gasteiger partial charge < -0.3 is 40.5 Å². The number of carboxylic acids is 1. The van der Waals surface area contributed by atoms with Crippen molar-refractivity contribution >= 4 is 5.97 Å². The molecule has 0 aliphatic carbocycles. The van der Waals surface area contributed by atoms with Gasteiger partial charge in [-0.25, -0.2) is 0 Å². The van der Waals surface area contributed by atoms with Gasteiger partial charge >= 0.3 is 5.97 Å². The summed E-state index contributed by atoms with van der Waals surface area (Å²) in [5, 5.41) is 62.7. The molecule has 0 saturated heterocycles. The van der Waals surface area contributed by atoms with E-state index in [4.69, 9.17) is 40.5 Å². The Balaban J connectivity index is 0. The smallest absolute Gasteiger partial charge is 0.303 e. The number of aliphatic hydroxyl groups excluding tert-OH is 6. The van der Waals surface area contributed by atoms with Crippen LogP contribution in [0.1, 0.15) is 90.4 Å². The fraction of sp³-hybridized carbons (Fsp3) is 0.960. The summed E-state index contributed by atoms with van der Waals surface area (Å²) in [5.41, 5.74) is -2.32. The quantitative estimate of drug-likeness (QED) is 0.105. The zero-order valence-electron chi connectivity index (χ0n) is 21.3. The second-order valence-electron chi connectivity index (χ2n) is 9.47. The lowest BCUT2D eigenvalue weighted by molar-refractivity contribution is -0.137. The predicted molar refractivity (Wildman–Crippen MR) is 132 cm³/mol. The molecule has 0 rings (SSSR count). The summed E-state index contributed by atoms with van der Waals surface area (Å²) in [6.45, 7) is -0.751. The van der Waals surface area contributed by atoms with E-state index in [2.05, 4.69) is 6.92 Å². The van der Waals surface area contributed by atoms with E-state index in [1.54, 1.807) is 0 Å². The summed E-state index contributed by atoms with van der Waals surface area (Å²) in [6, 6.07) is 0. The molecule has 0 saturated carbocycles. The number of rotatable bonds is 23. The van der Waals surface area contributed by atoms with Crippen molar-refractivity contribution in [3.05, 3.63) is 0 Å². The fourth-order valence-corrected chi connectivity index (χ4v) is 3.18. The zero-order chi connectivity index (χ0) is 26.1. The van der Waals surface area contributed by atoms with Gasteiger partial charge in [-0.05, 0) is 6.42 Å². The van der Waals surface area contributed by atoms with E-state index in [0.717, 1.165) is 12.8 Å². The molecule has 9 heteroatoms. The predicted octanol–water partition coefficient (Wildman–Crippen LogP) is 2.09. The molecule has 0 aromatic rings. The molecule has 0 heterocycles. The summed E-state index contributed by atoms with van der Waals surface area (Å²) in [5.74, 6) is -0.655. The maximum Gasteiger partial charge on any atom is 0.303 e. The standard InChI is InChI=1S/C15H30O2.C10H22O7/c1-2-3-4-5-6-7-8-9-10-11-12-13-14-15(16)17;11-1-9(2-12,3-13)7-17-8-10(4-14,5-15)6-16/h2-14H2,1H3,(H,16,17);11-16H,1-8H2. The molecule has 0 aliphatic rings. The van der Waals surface area contributed by atoms with Crippen LogP contribution in [-0.4, -0.2) is 94.6 Å². The van der Waals surface area contributed by atoms with Crippen LogP contribution >= 0.6 is 0 Å². The third kappa shape index (κ3) is 18.5. The normalized spacial score (nSPS) is 11.9. The number of carboxylic acid groups (broad SMARTS) is 1. The van der Waals surface area contributed by atoms with E-state index >= 15 is 0 Å². The molecule has 0 radical (unpaired) electrons. The monoisotopic (exact) mass is 496 g/mol. The van der Waals surface area contributed by atoms with Crippen LogP contribution in [0.3, 0.4) is 0 Å². The van der Waals surface area contributed by atoms with Crippen LogP contribution in [0.4, 0.5) is 0 Å². The Morgan fingerprint density at radius 2 is 0.853 bits per heavy atom. The molecule has 0 unspecified atom stereocenters. The SMILES string of the molecule is CCCCCCCCCCCCCCC(=O)O.OCC(CO)(CO)COCC(CO)(CO)CO. The number of unbranched alkanes of at least 4 members (excludes halogenated alkanes) is 11. The van der Waals surface area contributed by atoms with E-state index in [1.807, 2.05) is 0 Å². The Kier molecular flexibility index (Phi) is 24.9. The van der Waals surface area contributed by atoms with E-state index in [-0.39, 0.29) is 13.2 Å². The average molecular weight is 497 g/mol. The molecule has 0 atom stereocenters. The number of carbonyl (C=O) groups is 1. The minimum absolute atomic E-state index is 0.141. The second-order valence-corrected chi connectivity index (χ2v) is 9.47. The first-order chi connectivity index (χ1) is 16.3. The van der Waals surface area contributed by atoms with Gasteiger partial charge in [0, 0.05) is 6.42 Å². The third-order valence-corrected chi connectivity index (χ3v) is 6.07. The summed E-state index contributed by atoms with van der Waals surface area (Å²) in [4.78, 5) is 10.3. The highest BCUT2D eigenvalue weighted by Crippen LogP contribution is 2.19. The van der Waals surface area contributed by atoms with Crippen molar-refractivity contribution in [1.29, 1.82) is 0 Å². The molecule has 206 valence electrons. The highest BCUT2D eigenvalue weighted by molar-refractivity contribution is 5.66. The van der Waals surface area contributed by atoms with Crippen LogP contribution in [0.25, 0.3) is 0 Å². The summed E-state index contributed by atoms with van der Waals surface area (Å²) >= 11 is 0. The Morgan fingerprint density at radius 3 is 1.12 bits per heavy atom. The first-order valence-electron chi connectivity index (χ1n) is 12.8. The van der Waals surface area contributed by atoms with E-state index in [9.17, 15) is 4.79 Å². The van der Waals surface area contributed by atoms with E-state index in [0.29, 0.717) is 6.42 Å². The molecule has 34 heavy (non-hydrogen) atoms. The number of ether oxygens (including phenoxy) is 1. The molecule has 0 aromatic carbocycles. The summed E-state index contributed by atoms with van der Waals surface area (Å²) in [7, 11) is 0. The van der Waals surface area contributed by atoms with Gasteiger partial charge in [-0.1, -0.05) is 77.6 Å². The largest absolute Gasteiger partial charge is 0.481 e. The van der Waals surface area contributed by atoms with Gasteiger partial charge in [0.25, 0.3) is 0 Å². The molecule has 0 aliphatic heterocycles. The molecule has 0 aromatic heterocycles. The van der Waals surface area contributed by atoms with Crippen LogP contribution in [-0.2, 0) is 9.53 Å². The van der Waals surface area contributed by atoms with Gasteiger partial charge in [-0.2, -0.15) is 0 Å². The number of aliphatic hydroxyl groups is 6. The molecule has 0 fully saturated rings. The molecule has 0 spiro atoms. The van der Waals surface area contributed by atoms with E-state index < -0.39 is 56.4 Å². The first-order valence-corrected chi connectivity index (χ1v) is 12.8. The van der Waals surface area contributed by atoms with Gasteiger partial charge in [-0.3, -0.25) is 4.79 Å². The van der Waals surface area contributed by atoms with Crippen molar-refractivity contribution in [1.82, 2.24) is 0 Å². The van der Waals surface area contributed by atoms with Crippen molar-refractivity contribution < 1.29 is 45.3 Å². The summed E-state index contributed by atoms with van der Waals surface area (Å²) in [6.07, 6.45) is 15.8. The number of hydrogen-bond donors (Lipinski definition) is 7. The highest BCUT2D eigenvalue weighted by atomic mass is 16.5.